The molecule has 1 saturated heterocycles. The minimum Gasteiger partial charge on any atom is -0.368 e. The van der Waals surface area contributed by atoms with E-state index in [1.807, 2.05) is 5.38 Å². The Labute approximate surface area is 86.1 Å². The molecule has 0 aromatic carbocycles. The van der Waals surface area contributed by atoms with Crippen LogP contribution < -0.4 is 5.73 Å². The van der Waals surface area contributed by atoms with E-state index in [1.54, 1.807) is 0 Å². The molecule has 0 spiro atoms. The van der Waals surface area contributed by atoms with E-state index < -0.39 is 0 Å². The Kier molecular flexibility index (Phi) is 2.74. The van der Waals surface area contributed by atoms with Crippen molar-refractivity contribution in [1.29, 1.82) is 0 Å². The van der Waals surface area contributed by atoms with Crippen LogP contribution >= 0.6 is 11.5 Å². The predicted octanol–water partition coefficient (Wildman–Crippen LogP) is -0.0122. The van der Waals surface area contributed by atoms with E-state index in [2.05, 4.69) is 14.5 Å². The number of nitrogens with zero attached hydrogens (tertiary/aromatic N) is 3. The van der Waals surface area contributed by atoms with Crippen LogP contribution in [-0.4, -0.2) is 33.0 Å². The van der Waals surface area contributed by atoms with Crippen molar-refractivity contribution in [3.05, 3.63) is 11.1 Å². The number of rotatable bonds is 3. The lowest BCUT2D eigenvalue weighted by Gasteiger charge is -2.19. The number of primary amides is 1. The van der Waals surface area contributed by atoms with Crippen LogP contribution in [0.1, 0.15) is 18.5 Å². The van der Waals surface area contributed by atoms with Crippen molar-refractivity contribution in [2.24, 2.45) is 5.73 Å². The smallest absolute Gasteiger partial charge is 0.234 e. The molecule has 1 fully saturated rings. The van der Waals surface area contributed by atoms with Crippen LogP contribution in [0.2, 0.25) is 0 Å². The fourth-order valence-electron chi connectivity index (χ4n) is 1.80. The molecule has 2 rings (SSSR count). The summed E-state index contributed by atoms with van der Waals surface area (Å²) < 4.78 is 3.78. The molecule has 2 N–H and O–H groups in total. The predicted molar refractivity (Wildman–Crippen MR) is 52.5 cm³/mol. The van der Waals surface area contributed by atoms with Crippen LogP contribution in [0, 0.1) is 0 Å². The second-order valence-corrected chi connectivity index (χ2v) is 4.04. The second-order valence-electron chi connectivity index (χ2n) is 3.43. The molecule has 14 heavy (non-hydrogen) atoms. The van der Waals surface area contributed by atoms with Crippen LogP contribution in [0.3, 0.4) is 0 Å². The molecule has 1 aromatic heterocycles. The second kappa shape index (κ2) is 4.02. The Balaban J connectivity index is 2.00. The first-order valence-corrected chi connectivity index (χ1v) is 5.40. The van der Waals surface area contributed by atoms with Crippen LogP contribution in [0.15, 0.2) is 5.38 Å². The third kappa shape index (κ3) is 1.91. The lowest BCUT2D eigenvalue weighted by molar-refractivity contribution is -0.122. The van der Waals surface area contributed by atoms with Gasteiger partial charge in [0.15, 0.2) is 0 Å². The highest BCUT2D eigenvalue weighted by Crippen LogP contribution is 2.19. The van der Waals surface area contributed by atoms with E-state index in [0.29, 0.717) is 6.54 Å². The molecule has 1 atom stereocenters. The molecule has 0 radical (unpaired) electrons. The first-order chi connectivity index (χ1) is 6.77. The van der Waals surface area contributed by atoms with E-state index in [-0.39, 0.29) is 11.9 Å². The van der Waals surface area contributed by atoms with E-state index in [9.17, 15) is 4.79 Å². The van der Waals surface area contributed by atoms with Crippen molar-refractivity contribution < 1.29 is 4.79 Å². The molecule has 1 aliphatic heterocycles. The van der Waals surface area contributed by atoms with Crippen molar-refractivity contribution in [2.45, 2.75) is 25.4 Å². The summed E-state index contributed by atoms with van der Waals surface area (Å²) in [6.45, 7) is 1.61. The van der Waals surface area contributed by atoms with Gasteiger partial charge in [-0.1, -0.05) is 4.49 Å². The SMILES string of the molecule is NC(=O)C1CCCN1Cc1csnn1. The topological polar surface area (TPSA) is 72.1 Å². The van der Waals surface area contributed by atoms with E-state index in [0.717, 1.165) is 25.1 Å². The molecule has 1 aromatic rings. The lowest BCUT2D eigenvalue weighted by atomic mass is 10.2. The van der Waals surface area contributed by atoms with Crippen LogP contribution in [0.5, 0.6) is 0 Å². The van der Waals surface area contributed by atoms with Gasteiger partial charge in [-0.05, 0) is 30.9 Å². The van der Waals surface area contributed by atoms with Gasteiger partial charge in [-0.2, -0.15) is 0 Å². The summed E-state index contributed by atoms with van der Waals surface area (Å²) in [6, 6.07) is -0.114. The molecule has 0 bridgehead atoms. The summed E-state index contributed by atoms with van der Waals surface area (Å²) in [5.41, 5.74) is 6.22. The number of carbonyl (C=O) groups is 1. The normalized spacial score (nSPS) is 22.7. The standard InChI is InChI=1S/C8H12N4OS/c9-8(13)7-2-1-3-12(7)4-6-5-14-11-10-6/h5,7H,1-4H2,(H2,9,13). The molecular weight excluding hydrogens is 200 g/mol. The first-order valence-electron chi connectivity index (χ1n) is 4.56. The van der Waals surface area contributed by atoms with Gasteiger partial charge in [0.25, 0.3) is 0 Å². The van der Waals surface area contributed by atoms with Gasteiger partial charge in [-0.15, -0.1) is 5.10 Å². The third-order valence-electron chi connectivity index (χ3n) is 2.46. The van der Waals surface area contributed by atoms with Crippen molar-refractivity contribution in [2.75, 3.05) is 6.54 Å². The number of amides is 1. The zero-order valence-corrected chi connectivity index (χ0v) is 8.54. The Morgan fingerprint density at radius 2 is 2.64 bits per heavy atom. The van der Waals surface area contributed by atoms with Gasteiger partial charge in [0, 0.05) is 11.9 Å². The maximum absolute atomic E-state index is 11.1. The number of hydrogen-bond donors (Lipinski definition) is 1. The number of carbonyl (C=O) groups excluding carboxylic acids is 1. The number of hydrogen-bond acceptors (Lipinski definition) is 5. The van der Waals surface area contributed by atoms with Crippen molar-refractivity contribution >= 4 is 17.4 Å². The monoisotopic (exact) mass is 212 g/mol. The quantitative estimate of drug-likeness (QED) is 0.764. The fraction of sp³-hybridized carbons (Fsp3) is 0.625. The highest BCUT2D eigenvalue weighted by Gasteiger charge is 2.29. The molecule has 2 heterocycles. The summed E-state index contributed by atoms with van der Waals surface area (Å²) in [5.74, 6) is -0.231. The summed E-state index contributed by atoms with van der Waals surface area (Å²) in [4.78, 5) is 13.2. The minimum absolute atomic E-state index is 0.114. The zero-order chi connectivity index (χ0) is 9.97. The Morgan fingerprint density at radius 1 is 1.79 bits per heavy atom. The highest BCUT2D eigenvalue weighted by molar-refractivity contribution is 7.03. The van der Waals surface area contributed by atoms with Gasteiger partial charge < -0.3 is 5.73 Å². The number of aromatic nitrogens is 2. The number of nitrogens with two attached hydrogens (primary N) is 1. The highest BCUT2D eigenvalue weighted by atomic mass is 32.1. The van der Waals surface area contributed by atoms with Gasteiger partial charge in [0.2, 0.25) is 5.91 Å². The van der Waals surface area contributed by atoms with Gasteiger partial charge >= 0.3 is 0 Å². The zero-order valence-electron chi connectivity index (χ0n) is 7.72. The summed E-state index contributed by atoms with van der Waals surface area (Å²) in [5, 5.41) is 5.85. The van der Waals surface area contributed by atoms with Crippen LogP contribution in [0.25, 0.3) is 0 Å². The molecule has 0 aliphatic carbocycles. The van der Waals surface area contributed by atoms with Gasteiger partial charge in [0.05, 0.1) is 11.7 Å². The van der Waals surface area contributed by atoms with Crippen LogP contribution in [-0.2, 0) is 11.3 Å². The maximum Gasteiger partial charge on any atom is 0.234 e. The largest absolute Gasteiger partial charge is 0.368 e. The van der Waals surface area contributed by atoms with E-state index in [1.165, 1.54) is 11.5 Å². The molecule has 0 saturated carbocycles. The Bertz CT molecular complexity index is 313. The van der Waals surface area contributed by atoms with Gasteiger partial charge in [-0.3, -0.25) is 9.69 Å². The molecule has 5 nitrogen and oxygen atoms in total. The average Bonchev–Trinajstić information content (AvgIpc) is 2.75. The summed E-state index contributed by atoms with van der Waals surface area (Å²) >= 11 is 1.33. The molecule has 1 amide bonds. The Morgan fingerprint density at radius 3 is 3.29 bits per heavy atom. The lowest BCUT2D eigenvalue weighted by Crippen LogP contribution is -2.39. The first kappa shape index (κ1) is 9.54. The van der Waals surface area contributed by atoms with E-state index in [4.69, 9.17) is 5.73 Å². The van der Waals surface area contributed by atoms with E-state index >= 15 is 0 Å². The summed E-state index contributed by atoms with van der Waals surface area (Å²) in [6.07, 6.45) is 1.90. The minimum atomic E-state index is -0.231. The molecular formula is C8H12N4OS. The Hall–Kier alpha value is -1.01. The fourth-order valence-corrected chi connectivity index (χ4v) is 2.24. The maximum atomic E-state index is 11.1. The van der Waals surface area contributed by atoms with Crippen molar-refractivity contribution in [1.82, 2.24) is 14.5 Å². The van der Waals surface area contributed by atoms with Crippen molar-refractivity contribution in [3.8, 4) is 0 Å². The van der Waals surface area contributed by atoms with Gasteiger partial charge in [-0.25, -0.2) is 0 Å². The van der Waals surface area contributed by atoms with Crippen LogP contribution in [0.4, 0.5) is 0 Å². The van der Waals surface area contributed by atoms with Crippen molar-refractivity contribution in [3.63, 3.8) is 0 Å². The van der Waals surface area contributed by atoms with Gasteiger partial charge in [0.1, 0.15) is 0 Å². The summed E-state index contributed by atoms with van der Waals surface area (Å²) in [7, 11) is 0. The molecule has 1 unspecified atom stereocenters. The third-order valence-corrected chi connectivity index (χ3v) is 3.02. The molecule has 6 heteroatoms. The average molecular weight is 212 g/mol. The molecule has 76 valence electrons. The molecule has 1 aliphatic rings. The number of likely N-dealkylation sites (tertiary alicyclic amines) is 1.